The number of aromatic amines is 1. The van der Waals surface area contributed by atoms with E-state index in [9.17, 15) is 0 Å². The summed E-state index contributed by atoms with van der Waals surface area (Å²) in [5, 5.41) is 0. The molecule has 1 N–H and O–H groups in total. The second-order valence-electron chi connectivity index (χ2n) is 6.86. The van der Waals surface area contributed by atoms with Crippen LogP contribution in [0, 0.1) is 0 Å². The Labute approximate surface area is 156 Å². The predicted octanol–water partition coefficient (Wildman–Crippen LogP) is 2.38. The molecule has 1 saturated heterocycles. The van der Waals surface area contributed by atoms with Gasteiger partial charge in [-0.05, 0) is 24.5 Å². The number of pyridine rings is 1. The van der Waals surface area contributed by atoms with E-state index in [1.165, 1.54) is 5.56 Å². The number of nitrogens with one attached hydrogen (secondary N) is 1. The third kappa shape index (κ3) is 3.03. The Morgan fingerprint density at radius 1 is 1.15 bits per heavy atom. The minimum atomic E-state index is 0.360. The van der Waals surface area contributed by atoms with Gasteiger partial charge in [-0.1, -0.05) is 6.07 Å². The number of anilines is 1. The van der Waals surface area contributed by atoms with Crippen LogP contribution in [0.3, 0.4) is 0 Å². The van der Waals surface area contributed by atoms with Crippen molar-refractivity contribution >= 4 is 17.0 Å². The van der Waals surface area contributed by atoms with Gasteiger partial charge < -0.3 is 14.5 Å². The van der Waals surface area contributed by atoms with Crippen LogP contribution in [0.2, 0.25) is 0 Å². The maximum Gasteiger partial charge on any atom is 0.182 e. The van der Waals surface area contributed by atoms with Gasteiger partial charge >= 0.3 is 0 Å². The van der Waals surface area contributed by atoms with Gasteiger partial charge in [-0.15, -0.1) is 0 Å². The predicted molar refractivity (Wildman–Crippen MR) is 101 cm³/mol. The minimum Gasteiger partial charge on any atom is -0.354 e. The van der Waals surface area contributed by atoms with Gasteiger partial charge in [-0.3, -0.25) is 4.98 Å². The molecule has 1 aliphatic heterocycles. The number of hydrogen-bond acceptors (Lipinski definition) is 6. The molecule has 0 unspecified atom stereocenters. The van der Waals surface area contributed by atoms with E-state index in [1.54, 1.807) is 18.9 Å². The second kappa shape index (κ2) is 6.79. The maximum atomic E-state index is 4.68. The molecule has 8 heteroatoms. The van der Waals surface area contributed by atoms with Crippen LogP contribution < -0.4 is 4.90 Å². The fourth-order valence-corrected chi connectivity index (χ4v) is 3.87. The molecule has 27 heavy (non-hydrogen) atoms. The molecule has 0 bridgehead atoms. The van der Waals surface area contributed by atoms with Gasteiger partial charge in [0.05, 0.1) is 12.9 Å². The molecule has 0 radical (unpaired) electrons. The van der Waals surface area contributed by atoms with Crippen molar-refractivity contribution in [3.63, 3.8) is 0 Å². The molecule has 0 aromatic carbocycles. The highest BCUT2D eigenvalue weighted by Crippen LogP contribution is 2.30. The van der Waals surface area contributed by atoms with Crippen molar-refractivity contribution in [3.8, 4) is 0 Å². The summed E-state index contributed by atoms with van der Waals surface area (Å²) in [4.78, 5) is 27.4. The van der Waals surface area contributed by atoms with Crippen LogP contribution in [-0.2, 0) is 6.54 Å². The van der Waals surface area contributed by atoms with Gasteiger partial charge in [0.1, 0.15) is 17.7 Å². The van der Waals surface area contributed by atoms with E-state index in [0.29, 0.717) is 11.6 Å². The highest BCUT2D eigenvalue weighted by molar-refractivity contribution is 5.82. The lowest BCUT2D eigenvalue weighted by Crippen LogP contribution is -2.36. The highest BCUT2D eigenvalue weighted by Gasteiger charge is 2.27. The first kappa shape index (κ1) is 15.9. The zero-order chi connectivity index (χ0) is 18.1. The molecular formula is C19H20N8. The van der Waals surface area contributed by atoms with E-state index in [-0.39, 0.29) is 0 Å². The largest absolute Gasteiger partial charge is 0.354 e. The van der Waals surface area contributed by atoms with Crippen molar-refractivity contribution in [1.82, 2.24) is 34.5 Å². The van der Waals surface area contributed by atoms with Crippen molar-refractivity contribution in [2.45, 2.75) is 25.3 Å². The van der Waals surface area contributed by atoms with Crippen molar-refractivity contribution in [1.29, 1.82) is 0 Å². The van der Waals surface area contributed by atoms with Crippen LogP contribution in [0.15, 0.2) is 49.6 Å². The molecule has 0 saturated carbocycles. The van der Waals surface area contributed by atoms with E-state index in [1.807, 2.05) is 18.5 Å². The molecule has 5 heterocycles. The fraction of sp³-hybridized carbons (Fsp3) is 0.316. The molecule has 0 spiro atoms. The number of hydrogen-bond donors (Lipinski definition) is 1. The molecule has 0 amide bonds. The Balaban J connectivity index is 1.41. The summed E-state index contributed by atoms with van der Waals surface area (Å²) in [6.07, 6.45) is 13.1. The topological polar surface area (TPSA) is 88.4 Å². The zero-order valence-corrected chi connectivity index (χ0v) is 14.9. The molecular weight excluding hydrogens is 340 g/mol. The van der Waals surface area contributed by atoms with E-state index < -0.39 is 0 Å². The number of fused-ring (bicyclic) bond motifs is 1. The smallest absolute Gasteiger partial charge is 0.182 e. The van der Waals surface area contributed by atoms with Crippen molar-refractivity contribution in [2.75, 3.05) is 18.0 Å². The summed E-state index contributed by atoms with van der Waals surface area (Å²) in [6.45, 7) is 2.65. The van der Waals surface area contributed by atoms with E-state index in [0.717, 1.165) is 49.6 Å². The Morgan fingerprint density at radius 2 is 2.15 bits per heavy atom. The average Bonchev–Trinajstić information content (AvgIpc) is 3.38. The number of aromatic nitrogens is 7. The molecule has 5 rings (SSSR count). The summed E-state index contributed by atoms with van der Waals surface area (Å²) in [7, 11) is 0. The first-order valence-electron chi connectivity index (χ1n) is 9.17. The SMILES string of the molecule is c1cncc(Cn2ccnc2[C@H]2CCCN(c3ncnc4nc[nH]c34)C2)c1. The third-order valence-electron chi connectivity index (χ3n) is 5.11. The molecule has 4 aromatic rings. The van der Waals surface area contributed by atoms with Gasteiger partial charge in [-0.25, -0.2) is 19.9 Å². The quantitative estimate of drug-likeness (QED) is 0.601. The normalized spacial score (nSPS) is 17.5. The number of piperidine rings is 1. The van der Waals surface area contributed by atoms with Crippen LogP contribution in [0.25, 0.3) is 11.2 Å². The second-order valence-corrected chi connectivity index (χ2v) is 6.86. The molecule has 1 fully saturated rings. The fourth-order valence-electron chi connectivity index (χ4n) is 3.87. The summed E-state index contributed by atoms with van der Waals surface area (Å²) < 4.78 is 2.23. The summed E-state index contributed by atoms with van der Waals surface area (Å²) in [6, 6.07) is 4.07. The first-order valence-corrected chi connectivity index (χ1v) is 9.17. The van der Waals surface area contributed by atoms with Gasteiger partial charge in [0.25, 0.3) is 0 Å². The standard InChI is InChI=1S/C19H20N8/c1-3-14(9-20-5-1)10-27-8-6-21-18(27)15-4-2-7-26(11-15)19-16-17(23-12-22-16)24-13-25-19/h1,3,5-6,8-9,12-13,15H,2,4,7,10-11H2,(H,22,23,24,25)/t15-/m0/s1. The summed E-state index contributed by atoms with van der Waals surface area (Å²) in [5.41, 5.74) is 2.79. The van der Waals surface area contributed by atoms with E-state index >= 15 is 0 Å². The Hall–Kier alpha value is -3.29. The highest BCUT2D eigenvalue weighted by atomic mass is 15.2. The molecule has 1 aliphatic rings. The van der Waals surface area contributed by atoms with Crippen molar-refractivity contribution in [2.24, 2.45) is 0 Å². The summed E-state index contributed by atoms with van der Waals surface area (Å²) >= 11 is 0. The molecule has 4 aromatic heterocycles. The van der Waals surface area contributed by atoms with Gasteiger partial charge in [-0.2, -0.15) is 0 Å². The zero-order valence-electron chi connectivity index (χ0n) is 14.9. The average molecular weight is 360 g/mol. The Morgan fingerprint density at radius 3 is 3.07 bits per heavy atom. The lowest BCUT2D eigenvalue weighted by atomic mass is 9.97. The van der Waals surface area contributed by atoms with Gasteiger partial charge in [0.2, 0.25) is 0 Å². The maximum absolute atomic E-state index is 4.68. The van der Waals surface area contributed by atoms with E-state index in [4.69, 9.17) is 0 Å². The van der Waals surface area contributed by atoms with Crippen molar-refractivity contribution < 1.29 is 0 Å². The number of imidazole rings is 2. The monoisotopic (exact) mass is 360 g/mol. The molecule has 8 nitrogen and oxygen atoms in total. The molecule has 136 valence electrons. The Bertz CT molecular complexity index is 1040. The van der Waals surface area contributed by atoms with Crippen molar-refractivity contribution in [3.05, 3.63) is 61.0 Å². The minimum absolute atomic E-state index is 0.360. The molecule has 0 aliphatic carbocycles. The van der Waals surface area contributed by atoms with Crippen LogP contribution in [0.5, 0.6) is 0 Å². The lowest BCUT2D eigenvalue weighted by Gasteiger charge is -2.33. The van der Waals surface area contributed by atoms with Crippen LogP contribution in [-0.4, -0.2) is 47.6 Å². The number of rotatable bonds is 4. The number of nitrogens with zero attached hydrogens (tertiary/aromatic N) is 7. The van der Waals surface area contributed by atoms with E-state index in [2.05, 4.69) is 51.6 Å². The van der Waals surface area contributed by atoms with Crippen LogP contribution >= 0.6 is 0 Å². The third-order valence-corrected chi connectivity index (χ3v) is 5.11. The van der Waals surface area contributed by atoms with Crippen LogP contribution in [0.1, 0.15) is 30.1 Å². The molecule has 1 atom stereocenters. The van der Waals surface area contributed by atoms with Gasteiger partial charge in [0, 0.05) is 43.8 Å². The first-order chi connectivity index (χ1) is 13.4. The van der Waals surface area contributed by atoms with Crippen LogP contribution in [0.4, 0.5) is 5.82 Å². The Kier molecular flexibility index (Phi) is 4.00. The van der Waals surface area contributed by atoms with Gasteiger partial charge in [0.15, 0.2) is 11.5 Å². The lowest BCUT2D eigenvalue weighted by molar-refractivity contribution is 0.474. The summed E-state index contributed by atoms with van der Waals surface area (Å²) in [5.74, 6) is 2.41. The number of H-pyrrole nitrogens is 1.